The van der Waals surface area contributed by atoms with Gasteiger partial charge in [-0.2, -0.15) is 0 Å². The quantitative estimate of drug-likeness (QED) is 0.716. The van der Waals surface area contributed by atoms with Crippen LogP contribution in [0.2, 0.25) is 0 Å². The first-order valence-electron chi connectivity index (χ1n) is 5.68. The summed E-state index contributed by atoms with van der Waals surface area (Å²) in [5, 5.41) is 9.11. The maximum absolute atomic E-state index is 9.11. The second-order valence-electron chi connectivity index (χ2n) is 4.94. The summed E-state index contributed by atoms with van der Waals surface area (Å²) in [6.07, 6.45) is 3.56. The normalized spacial score (nSPS) is 40.3. The van der Waals surface area contributed by atoms with E-state index >= 15 is 0 Å². The molecule has 0 spiro atoms. The monoisotopic (exact) mass is 199 g/mol. The fourth-order valence-corrected chi connectivity index (χ4v) is 2.64. The van der Waals surface area contributed by atoms with Gasteiger partial charge in [0.25, 0.3) is 0 Å². The Kier molecular flexibility index (Phi) is 3.10. The average molecular weight is 199 g/mol. The number of aliphatic hydroxyl groups excluding tert-OH is 1. The van der Waals surface area contributed by atoms with Crippen molar-refractivity contribution in [2.24, 2.45) is 5.92 Å². The Bertz CT molecular complexity index is 190. The predicted octanol–water partition coefficient (Wildman–Crippen LogP) is 0.870. The van der Waals surface area contributed by atoms with Crippen LogP contribution in [0, 0.1) is 5.92 Å². The van der Waals surface area contributed by atoms with Crippen LogP contribution in [0.3, 0.4) is 0 Å². The van der Waals surface area contributed by atoms with Crippen LogP contribution in [0.1, 0.15) is 26.2 Å². The van der Waals surface area contributed by atoms with E-state index in [9.17, 15) is 0 Å². The zero-order valence-electron chi connectivity index (χ0n) is 9.04. The van der Waals surface area contributed by atoms with Crippen LogP contribution in [-0.4, -0.2) is 48.5 Å². The summed E-state index contributed by atoms with van der Waals surface area (Å²) in [6.45, 7) is 6.61. The molecule has 2 unspecified atom stereocenters. The zero-order chi connectivity index (χ0) is 10.0. The van der Waals surface area contributed by atoms with Gasteiger partial charge in [0.1, 0.15) is 0 Å². The summed E-state index contributed by atoms with van der Waals surface area (Å²) in [7, 11) is 0. The van der Waals surface area contributed by atoms with E-state index in [0.717, 1.165) is 32.7 Å². The lowest BCUT2D eigenvalue weighted by Gasteiger charge is -2.41. The topological polar surface area (TPSA) is 32.7 Å². The van der Waals surface area contributed by atoms with Crippen molar-refractivity contribution in [1.29, 1.82) is 0 Å². The molecular formula is C11H21NO2. The van der Waals surface area contributed by atoms with Crippen molar-refractivity contribution in [3.05, 3.63) is 0 Å². The van der Waals surface area contributed by atoms with Crippen molar-refractivity contribution >= 4 is 0 Å². The Hall–Kier alpha value is -0.120. The van der Waals surface area contributed by atoms with E-state index in [2.05, 4.69) is 11.8 Å². The summed E-state index contributed by atoms with van der Waals surface area (Å²) in [5.41, 5.74) is 0.238. The van der Waals surface area contributed by atoms with Gasteiger partial charge in [-0.05, 0) is 38.6 Å². The van der Waals surface area contributed by atoms with Gasteiger partial charge in [0.15, 0.2) is 0 Å². The number of aliphatic hydroxyl groups is 1. The van der Waals surface area contributed by atoms with Gasteiger partial charge >= 0.3 is 0 Å². The lowest BCUT2D eigenvalue weighted by atomic mass is 9.93. The fourth-order valence-electron chi connectivity index (χ4n) is 2.64. The molecule has 0 bridgehead atoms. The smallest absolute Gasteiger partial charge is 0.0647 e. The number of rotatable bonds is 2. The maximum Gasteiger partial charge on any atom is 0.0647 e. The minimum atomic E-state index is 0.238. The van der Waals surface area contributed by atoms with Gasteiger partial charge in [-0.25, -0.2) is 0 Å². The first kappa shape index (κ1) is 10.4. The molecule has 1 N–H and O–H groups in total. The molecular weight excluding hydrogens is 178 g/mol. The van der Waals surface area contributed by atoms with Crippen LogP contribution < -0.4 is 0 Å². The lowest BCUT2D eigenvalue weighted by molar-refractivity contribution is -0.0322. The second kappa shape index (κ2) is 4.17. The van der Waals surface area contributed by atoms with E-state index in [4.69, 9.17) is 9.84 Å². The molecule has 2 rings (SSSR count). The van der Waals surface area contributed by atoms with Gasteiger partial charge in [0, 0.05) is 25.3 Å². The van der Waals surface area contributed by atoms with E-state index in [1.54, 1.807) is 0 Å². The molecule has 3 nitrogen and oxygen atoms in total. The van der Waals surface area contributed by atoms with Crippen LogP contribution in [0.5, 0.6) is 0 Å². The largest absolute Gasteiger partial charge is 0.396 e. The predicted molar refractivity (Wildman–Crippen MR) is 55.2 cm³/mol. The van der Waals surface area contributed by atoms with Crippen molar-refractivity contribution in [1.82, 2.24) is 4.90 Å². The molecule has 0 aliphatic carbocycles. The van der Waals surface area contributed by atoms with Crippen LogP contribution in [0.25, 0.3) is 0 Å². The number of hydrogen-bond donors (Lipinski definition) is 1. The number of hydrogen-bond acceptors (Lipinski definition) is 3. The Labute approximate surface area is 86.0 Å². The molecule has 0 aromatic heterocycles. The molecule has 2 aliphatic heterocycles. The summed E-state index contributed by atoms with van der Waals surface area (Å²) in [4.78, 5) is 2.51. The second-order valence-corrected chi connectivity index (χ2v) is 4.94. The Morgan fingerprint density at radius 1 is 1.57 bits per heavy atom. The Morgan fingerprint density at radius 2 is 2.43 bits per heavy atom. The van der Waals surface area contributed by atoms with Gasteiger partial charge in [-0.15, -0.1) is 0 Å². The van der Waals surface area contributed by atoms with Crippen molar-refractivity contribution in [2.45, 2.75) is 31.7 Å². The van der Waals surface area contributed by atoms with Gasteiger partial charge in [0.05, 0.1) is 6.61 Å². The van der Waals surface area contributed by atoms with Crippen LogP contribution >= 0.6 is 0 Å². The first-order chi connectivity index (χ1) is 6.74. The van der Waals surface area contributed by atoms with Gasteiger partial charge < -0.3 is 9.84 Å². The standard InChI is InChI=1S/C11H21NO2/c1-11(4-2-6-14-9-11)12-5-3-10(7-12)8-13/h10,13H,2-9H2,1H3. The molecule has 2 saturated heterocycles. The van der Waals surface area contributed by atoms with E-state index in [1.165, 1.54) is 12.8 Å². The van der Waals surface area contributed by atoms with Crippen molar-refractivity contribution in [3.63, 3.8) is 0 Å². The van der Waals surface area contributed by atoms with Crippen LogP contribution in [0.4, 0.5) is 0 Å². The summed E-state index contributed by atoms with van der Waals surface area (Å²) >= 11 is 0. The van der Waals surface area contributed by atoms with E-state index in [0.29, 0.717) is 12.5 Å². The summed E-state index contributed by atoms with van der Waals surface area (Å²) in [5.74, 6) is 0.494. The van der Waals surface area contributed by atoms with E-state index in [1.807, 2.05) is 0 Å². The van der Waals surface area contributed by atoms with Gasteiger partial charge in [-0.1, -0.05) is 0 Å². The highest BCUT2D eigenvalue weighted by atomic mass is 16.5. The number of likely N-dealkylation sites (tertiary alicyclic amines) is 1. The molecule has 82 valence electrons. The molecule has 0 aromatic carbocycles. The molecule has 2 heterocycles. The number of ether oxygens (including phenoxy) is 1. The van der Waals surface area contributed by atoms with Crippen molar-refractivity contribution < 1.29 is 9.84 Å². The van der Waals surface area contributed by atoms with Crippen molar-refractivity contribution in [3.8, 4) is 0 Å². The number of nitrogens with zero attached hydrogens (tertiary/aromatic N) is 1. The van der Waals surface area contributed by atoms with Crippen LogP contribution in [-0.2, 0) is 4.74 Å². The molecule has 0 amide bonds. The van der Waals surface area contributed by atoms with E-state index < -0.39 is 0 Å². The highest BCUT2D eigenvalue weighted by molar-refractivity contribution is 4.92. The van der Waals surface area contributed by atoms with Crippen LogP contribution in [0.15, 0.2) is 0 Å². The maximum atomic E-state index is 9.11. The molecule has 2 atom stereocenters. The fraction of sp³-hybridized carbons (Fsp3) is 1.00. The molecule has 0 saturated carbocycles. The first-order valence-corrected chi connectivity index (χ1v) is 5.68. The third-order valence-corrected chi connectivity index (χ3v) is 3.72. The average Bonchev–Trinajstić information content (AvgIpc) is 2.67. The van der Waals surface area contributed by atoms with Crippen molar-refractivity contribution in [2.75, 3.05) is 32.9 Å². The molecule has 0 radical (unpaired) electrons. The zero-order valence-corrected chi connectivity index (χ0v) is 9.04. The molecule has 2 aliphatic rings. The van der Waals surface area contributed by atoms with Gasteiger partial charge in [0.2, 0.25) is 0 Å². The molecule has 0 aromatic rings. The summed E-state index contributed by atoms with van der Waals surface area (Å²) < 4.78 is 5.56. The minimum Gasteiger partial charge on any atom is -0.396 e. The highest BCUT2D eigenvalue weighted by Gasteiger charge is 2.38. The molecule has 3 heteroatoms. The minimum absolute atomic E-state index is 0.238. The van der Waals surface area contributed by atoms with Gasteiger partial charge in [-0.3, -0.25) is 4.90 Å². The van der Waals surface area contributed by atoms with E-state index in [-0.39, 0.29) is 5.54 Å². The summed E-state index contributed by atoms with van der Waals surface area (Å²) in [6, 6.07) is 0. The SMILES string of the molecule is CC1(N2CCC(CO)C2)CCCOC1. The third-order valence-electron chi connectivity index (χ3n) is 3.72. The molecule has 2 fully saturated rings. The Morgan fingerprint density at radius 3 is 3.00 bits per heavy atom. The Balaban J connectivity index is 1.93. The third kappa shape index (κ3) is 1.95. The highest BCUT2D eigenvalue weighted by Crippen LogP contribution is 2.30. The molecule has 14 heavy (non-hydrogen) atoms. The lowest BCUT2D eigenvalue weighted by Crippen LogP contribution is -2.50.